The van der Waals surface area contributed by atoms with Gasteiger partial charge in [0.1, 0.15) is 22.3 Å². The van der Waals surface area contributed by atoms with Gasteiger partial charge in [-0.3, -0.25) is 5.32 Å². The van der Waals surface area contributed by atoms with Crippen LogP contribution in [0, 0.1) is 5.82 Å². The van der Waals surface area contributed by atoms with Crippen LogP contribution in [0.5, 0.6) is 5.75 Å². The Bertz CT molecular complexity index is 998. The molecule has 0 amide bonds. The predicted molar refractivity (Wildman–Crippen MR) is 92.6 cm³/mol. The van der Waals surface area contributed by atoms with Crippen molar-refractivity contribution < 1.29 is 23.6 Å². The molecule has 4 rings (SSSR count). The molecule has 2 heterocycles. The van der Waals surface area contributed by atoms with E-state index in [0.29, 0.717) is 30.5 Å². The third kappa shape index (κ3) is 2.60. The van der Waals surface area contributed by atoms with Crippen LogP contribution in [0.15, 0.2) is 40.9 Å². The quantitative estimate of drug-likeness (QED) is 0.720. The Morgan fingerprint density at radius 3 is 2.85 bits per heavy atom. The summed E-state index contributed by atoms with van der Waals surface area (Å²) in [5, 5.41) is 16.9. The molecule has 1 aromatic heterocycles. The molecule has 1 aliphatic rings. The summed E-state index contributed by atoms with van der Waals surface area (Å²) in [6, 6.07) is 9.36. The smallest absolute Gasteiger partial charge is 0.363 e. The van der Waals surface area contributed by atoms with Gasteiger partial charge >= 0.3 is 5.97 Å². The van der Waals surface area contributed by atoms with Gasteiger partial charge < -0.3 is 14.4 Å². The molecule has 2 N–H and O–H groups in total. The highest BCUT2D eigenvalue weighted by Crippen LogP contribution is 2.39. The highest BCUT2D eigenvalue weighted by atomic mass is 35.5. The zero-order chi connectivity index (χ0) is 18.3. The first-order valence-electron chi connectivity index (χ1n) is 8.02. The summed E-state index contributed by atoms with van der Waals surface area (Å²) < 4.78 is 25.0. The van der Waals surface area contributed by atoms with E-state index < -0.39 is 17.5 Å². The van der Waals surface area contributed by atoms with Crippen molar-refractivity contribution in [1.82, 2.24) is 10.5 Å². The average molecular weight is 377 g/mol. The SMILES string of the molecule is O=C(O)[C@]1(Oc2ccc3c(-c4ccccc4F)noc3c2Cl)CCCN1. The second kappa shape index (κ2) is 6.26. The van der Waals surface area contributed by atoms with Gasteiger partial charge in [0.25, 0.3) is 5.72 Å². The lowest BCUT2D eigenvalue weighted by atomic mass is 10.1. The largest absolute Gasteiger partial charge is 0.477 e. The first kappa shape index (κ1) is 16.8. The maximum atomic E-state index is 14.1. The zero-order valence-electron chi connectivity index (χ0n) is 13.5. The number of ether oxygens (including phenoxy) is 1. The van der Waals surface area contributed by atoms with E-state index in [1.54, 1.807) is 24.3 Å². The number of aromatic nitrogens is 1. The second-order valence-corrected chi connectivity index (χ2v) is 6.41. The third-order valence-corrected chi connectivity index (χ3v) is 4.78. The summed E-state index contributed by atoms with van der Waals surface area (Å²) in [5.74, 6) is -1.39. The molecule has 0 unspecified atom stereocenters. The number of halogens is 2. The number of fused-ring (bicyclic) bond motifs is 1. The summed E-state index contributed by atoms with van der Waals surface area (Å²) in [4.78, 5) is 11.6. The Morgan fingerprint density at radius 2 is 2.15 bits per heavy atom. The summed E-state index contributed by atoms with van der Waals surface area (Å²) in [6.45, 7) is 0.534. The minimum absolute atomic E-state index is 0.0897. The van der Waals surface area contributed by atoms with Crippen LogP contribution in [0.4, 0.5) is 4.39 Å². The van der Waals surface area contributed by atoms with Crippen molar-refractivity contribution in [2.24, 2.45) is 0 Å². The molecule has 1 fully saturated rings. The number of hydrogen-bond donors (Lipinski definition) is 2. The maximum Gasteiger partial charge on any atom is 0.363 e. The molecule has 0 radical (unpaired) electrons. The highest BCUT2D eigenvalue weighted by Gasteiger charge is 2.44. The standard InChI is InChI=1S/C18H14ClFN2O4/c19-14-13(25-18(17(23)24)8-3-9-21-18)7-6-11-15(22-26-16(11)14)10-4-1-2-5-12(10)20/h1-2,4-7,21H,3,8-9H2,(H,23,24)/t18-/m1/s1. The number of rotatable bonds is 4. The van der Waals surface area contributed by atoms with E-state index in [1.807, 2.05) is 0 Å². The lowest BCUT2D eigenvalue weighted by Gasteiger charge is -2.26. The van der Waals surface area contributed by atoms with Crippen LogP contribution in [0.3, 0.4) is 0 Å². The molecular weight excluding hydrogens is 363 g/mol. The Morgan fingerprint density at radius 1 is 1.35 bits per heavy atom. The Balaban J connectivity index is 1.77. The Hall–Kier alpha value is -2.64. The normalized spacial score (nSPS) is 19.8. The fraction of sp³-hybridized carbons (Fsp3) is 0.222. The molecule has 8 heteroatoms. The molecule has 3 aromatic rings. The fourth-order valence-corrected chi connectivity index (χ4v) is 3.34. The van der Waals surface area contributed by atoms with E-state index >= 15 is 0 Å². The first-order chi connectivity index (χ1) is 12.5. The van der Waals surface area contributed by atoms with Crippen molar-refractivity contribution in [3.05, 3.63) is 47.2 Å². The number of carboxylic acids is 1. The summed E-state index contributed by atoms with van der Waals surface area (Å²) in [5.41, 5.74) is -0.707. The molecule has 1 saturated heterocycles. The van der Waals surface area contributed by atoms with Crippen molar-refractivity contribution in [1.29, 1.82) is 0 Å². The van der Waals surface area contributed by atoms with Gasteiger partial charge in [-0.25, -0.2) is 9.18 Å². The zero-order valence-corrected chi connectivity index (χ0v) is 14.2. The van der Waals surface area contributed by atoms with Crippen LogP contribution in [0.1, 0.15) is 12.8 Å². The van der Waals surface area contributed by atoms with Crippen molar-refractivity contribution >= 4 is 28.5 Å². The highest BCUT2D eigenvalue weighted by molar-refractivity contribution is 6.36. The minimum atomic E-state index is -1.52. The van der Waals surface area contributed by atoms with E-state index in [-0.39, 0.29) is 21.9 Å². The van der Waals surface area contributed by atoms with Gasteiger partial charge in [-0.2, -0.15) is 0 Å². The van der Waals surface area contributed by atoms with E-state index in [9.17, 15) is 14.3 Å². The van der Waals surface area contributed by atoms with Gasteiger partial charge in [0.05, 0.1) is 5.39 Å². The van der Waals surface area contributed by atoms with Crippen molar-refractivity contribution in [2.45, 2.75) is 18.6 Å². The van der Waals surface area contributed by atoms with Crippen molar-refractivity contribution in [2.75, 3.05) is 6.54 Å². The number of hydrogen-bond acceptors (Lipinski definition) is 5. The lowest BCUT2D eigenvalue weighted by molar-refractivity contribution is -0.157. The summed E-state index contributed by atoms with van der Waals surface area (Å²) in [7, 11) is 0. The number of carboxylic acid groups (broad SMARTS) is 1. The summed E-state index contributed by atoms with van der Waals surface area (Å²) >= 11 is 6.35. The monoisotopic (exact) mass is 376 g/mol. The van der Waals surface area contributed by atoms with Crippen LogP contribution in [-0.4, -0.2) is 28.5 Å². The van der Waals surface area contributed by atoms with Gasteiger partial charge in [-0.15, -0.1) is 0 Å². The lowest BCUT2D eigenvalue weighted by Crippen LogP contribution is -2.52. The number of carbonyl (C=O) groups is 1. The van der Waals surface area contributed by atoms with E-state index in [4.69, 9.17) is 20.9 Å². The average Bonchev–Trinajstić information content (AvgIpc) is 3.26. The van der Waals surface area contributed by atoms with E-state index in [2.05, 4.69) is 10.5 Å². The molecule has 0 bridgehead atoms. The number of aliphatic carboxylic acids is 1. The van der Waals surface area contributed by atoms with Crippen LogP contribution in [-0.2, 0) is 4.79 Å². The molecule has 0 aliphatic carbocycles. The van der Waals surface area contributed by atoms with Gasteiger partial charge in [-0.05, 0) is 37.2 Å². The predicted octanol–water partition coefficient (Wildman–Crippen LogP) is 3.83. The van der Waals surface area contributed by atoms with Crippen molar-refractivity contribution in [3.63, 3.8) is 0 Å². The van der Waals surface area contributed by atoms with Gasteiger partial charge in [-0.1, -0.05) is 28.9 Å². The Kier molecular flexibility index (Phi) is 4.05. The third-order valence-electron chi connectivity index (χ3n) is 4.42. The van der Waals surface area contributed by atoms with Gasteiger partial charge in [0.15, 0.2) is 5.58 Å². The number of nitrogens with one attached hydrogen (secondary N) is 1. The Labute approximate surface area is 152 Å². The number of benzene rings is 2. The molecule has 0 spiro atoms. The molecule has 1 atom stereocenters. The maximum absolute atomic E-state index is 14.1. The van der Waals surface area contributed by atoms with Crippen molar-refractivity contribution in [3.8, 4) is 17.0 Å². The molecule has 6 nitrogen and oxygen atoms in total. The van der Waals surface area contributed by atoms with Crippen LogP contribution in [0.25, 0.3) is 22.2 Å². The topological polar surface area (TPSA) is 84.6 Å². The van der Waals surface area contributed by atoms with Crippen LogP contribution < -0.4 is 10.1 Å². The van der Waals surface area contributed by atoms with Gasteiger partial charge in [0, 0.05) is 12.0 Å². The first-order valence-corrected chi connectivity index (χ1v) is 8.40. The molecular formula is C18H14ClFN2O4. The van der Waals surface area contributed by atoms with Crippen LogP contribution >= 0.6 is 11.6 Å². The molecule has 0 saturated carbocycles. The minimum Gasteiger partial charge on any atom is -0.477 e. The molecule has 26 heavy (non-hydrogen) atoms. The van der Waals surface area contributed by atoms with E-state index in [0.717, 1.165) is 0 Å². The van der Waals surface area contributed by atoms with Crippen LogP contribution in [0.2, 0.25) is 5.02 Å². The molecule has 134 valence electrons. The van der Waals surface area contributed by atoms with E-state index in [1.165, 1.54) is 12.1 Å². The van der Waals surface area contributed by atoms with Gasteiger partial charge in [0.2, 0.25) is 0 Å². The summed E-state index contributed by atoms with van der Waals surface area (Å²) in [6.07, 6.45) is 0.986. The second-order valence-electron chi connectivity index (χ2n) is 6.03. The molecule has 2 aromatic carbocycles. The number of nitrogens with zero attached hydrogens (tertiary/aromatic N) is 1. The molecule has 1 aliphatic heterocycles. The fourth-order valence-electron chi connectivity index (χ4n) is 3.10.